The molecule has 7 atom stereocenters. The smallest absolute Gasteiger partial charge is 0.303 e. The van der Waals surface area contributed by atoms with Crippen LogP contribution in [0.15, 0.2) is 23.3 Å². The quantitative estimate of drug-likeness (QED) is 0.302. The van der Waals surface area contributed by atoms with E-state index in [0.29, 0.717) is 17.6 Å². The first-order valence-electron chi connectivity index (χ1n) is 12.1. The Kier molecular flexibility index (Phi) is 7.06. The van der Waals surface area contributed by atoms with Crippen LogP contribution in [0.1, 0.15) is 60.3 Å². The Morgan fingerprint density at radius 3 is 2.14 bits per heavy atom. The zero-order chi connectivity index (χ0) is 27.4. The predicted octanol–water partition coefficient (Wildman–Crippen LogP) is -1.20. The van der Waals surface area contributed by atoms with Gasteiger partial charge in [0.2, 0.25) is 0 Å². The predicted molar refractivity (Wildman–Crippen MR) is 120 cm³/mol. The molecule has 4 rings (SSSR count). The number of fused-ring (bicyclic) bond motifs is 5. The van der Waals surface area contributed by atoms with Crippen molar-refractivity contribution in [1.29, 1.82) is 0 Å². The summed E-state index contributed by atoms with van der Waals surface area (Å²) >= 11 is 0. The number of aliphatic hydroxyl groups is 3. The summed E-state index contributed by atoms with van der Waals surface area (Å²) in [5.41, 5.74) is -3.19. The summed E-state index contributed by atoms with van der Waals surface area (Å²) in [7, 11) is 0. The summed E-state index contributed by atoms with van der Waals surface area (Å²) in [5, 5.41) is 52.4. The number of Topliss-reactive ketones (excluding diaryl/α,β-unsaturated/α-hetero) is 1. The molecule has 0 heterocycles. The number of esters is 1. The molecule has 0 radical (unpaired) electrons. The number of aliphatic carboxylic acids is 2. The second-order valence-corrected chi connectivity index (χ2v) is 11.2. The molecule has 0 spiro atoms. The number of carbonyl (C=O) groups excluding carboxylic acids is 4. The van der Waals surface area contributed by atoms with Crippen molar-refractivity contribution in [2.75, 3.05) is 6.61 Å². The maximum Gasteiger partial charge on any atom is 0.303 e. The minimum absolute atomic E-state index is 0.0000834. The second kappa shape index (κ2) is 9.08. The summed E-state index contributed by atoms with van der Waals surface area (Å²) < 4.78 is 5.83. The van der Waals surface area contributed by atoms with Gasteiger partial charge in [-0.05, 0) is 43.3 Å². The average Bonchev–Trinajstić information content (AvgIpc) is 3.16. The fraction of sp³-hybridized carbons (Fsp3) is 0.692. The lowest BCUT2D eigenvalue weighted by Gasteiger charge is -2.50. The number of carbonyl (C=O) groups is 4. The van der Waals surface area contributed by atoms with Crippen LogP contribution in [0.3, 0.4) is 0 Å². The van der Waals surface area contributed by atoms with Crippen molar-refractivity contribution >= 4 is 23.7 Å². The normalized spacial score (nSPS) is 39.6. The van der Waals surface area contributed by atoms with Gasteiger partial charge >= 0.3 is 5.97 Å². The third-order valence-electron chi connectivity index (χ3n) is 8.73. The number of ether oxygens (including phenoxy) is 1. The first kappa shape index (κ1) is 28.0. The Morgan fingerprint density at radius 1 is 1.11 bits per heavy atom. The highest BCUT2D eigenvalue weighted by atomic mass is 16.6. The van der Waals surface area contributed by atoms with Crippen molar-refractivity contribution in [3.63, 3.8) is 0 Å². The van der Waals surface area contributed by atoms with Crippen LogP contribution in [-0.2, 0) is 23.9 Å². The molecule has 0 aromatic carbocycles. The Morgan fingerprint density at radius 2 is 1.67 bits per heavy atom. The number of carboxylic acids is 2. The van der Waals surface area contributed by atoms with E-state index in [0.717, 1.165) is 0 Å². The maximum atomic E-state index is 12.8. The van der Waals surface area contributed by atoms with E-state index in [9.17, 15) is 44.7 Å². The number of rotatable bonds is 5. The molecule has 0 aromatic heterocycles. The SMILES string of the molecule is CC(=O)O[C@@]12C[C@@H](C)[C@@]3(O)[C@@H](C=C(CO)C[C@]4(O)C(=O)C(C)=C[C@@H]34)[C@@H]1C2(C)C.O=C([O-])CCC(=O)[O-]. The van der Waals surface area contributed by atoms with Crippen LogP contribution < -0.4 is 10.2 Å². The van der Waals surface area contributed by atoms with Crippen molar-refractivity contribution < 1.29 is 49.4 Å². The molecule has 10 heteroatoms. The van der Waals surface area contributed by atoms with Gasteiger partial charge in [0.1, 0.15) is 11.2 Å². The van der Waals surface area contributed by atoms with Crippen LogP contribution in [0.25, 0.3) is 0 Å². The van der Waals surface area contributed by atoms with Crippen molar-refractivity contribution in [1.82, 2.24) is 0 Å². The fourth-order valence-corrected chi connectivity index (χ4v) is 7.06. The molecule has 0 saturated heterocycles. The Labute approximate surface area is 209 Å². The molecule has 0 amide bonds. The Bertz CT molecular complexity index is 1030. The van der Waals surface area contributed by atoms with E-state index in [1.54, 1.807) is 13.0 Å². The molecule has 36 heavy (non-hydrogen) atoms. The zero-order valence-electron chi connectivity index (χ0n) is 21.2. The van der Waals surface area contributed by atoms with Gasteiger partial charge in [-0.1, -0.05) is 32.9 Å². The van der Waals surface area contributed by atoms with Gasteiger partial charge in [-0.25, -0.2) is 0 Å². The fourth-order valence-electron chi connectivity index (χ4n) is 7.06. The largest absolute Gasteiger partial charge is 0.550 e. The van der Waals surface area contributed by atoms with Gasteiger partial charge in [-0.3, -0.25) is 9.59 Å². The number of hydrogen-bond acceptors (Lipinski definition) is 10. The summed E-state index contributed by atoms with van der Waals surface area (Å²) in [4.78, 5) is 43.7. The molecule has 10 nitrogen and oxygen atoms in total. The first-order chi connectivity index (χ1) is 16.5. The van der Waals surface area contributed by atoms with Crippen molar-refractivity contribution in [2.24, 2.45) is 29.1 Å². The van der Waals surface area contributed by atoms with Gasteiger partial charge < -0.3 is 39.9 Å². The van der Waals surface area contributed by atoms with Crippen molar-refractivity contribution in [3.05, 3.63) is 23.3 Å². The number of hydrogen-bond donors (Lipinski definition) is 3. The monoisotopic (exact) mass is 506 g/mol. The molecule has 4 aliphatic carbocycles. The Hall–Kier alpha value is -2.56. The standard InChI is InChI=1S/C22H30O6.C4H6O4/c1-11-6-16-20(26,18(11)25)9-14(10-23)7-15-17-19(4,5)21(17,28-13(3)24)8-12(2)22(15,16)27;5-3(6)1-2-4(7)8/h6-7,12,15-17,23,26-27H,8-10H2,1-5H3;1-2H2,(H,5,6)(H,7,8)/p-2/t12-,15+,16-,17-,20-,21+,22-;/m1./s1. The van der Waals surface area contributed by atoms with Crippen molar-refractivity contribution in [3.8, 4) is 0 Å². The van der Waals surface area contributed by atoms with Crippen LogP contribution in [0.4, 0.5) is 0 Å². The van der Waals surface area contributed by atoms with Gasteiger partial charge in [-0.15, -0.1) is 0 Å². The van der Waals surface area contributed by atoms with E-state index in [1.165, 1.54) is 6.92 Å². The number of carboxylic acid groups (broad SMARTS) is 2. The van der Waals surface area contributed by atoms with Crippen LogP contribution in [-0.4, -0.2) is 62.4 Å². The van der Waals surface area contributed by atoms with Gasteiger partial charge in [0.25, 0.3) is 0 Å². The topological polar surface area (TPSA) is 184 Å². The number of ketones is 1. The second-order valence-electron chi connectivity index (χ2n) is 11.2. The third-order valence-corrected chi connectivity index (χ3v) is 8.73. The number of aliphatic hydroxyl groups excluding tert-OH is 1. The van der Waals surface area contributed by atoms with E-state index in [4.69, 9.17) is 4.74 Å². The third kappa shape index (κ3) is 4.09. The summed E-state index contributed by atoms with van der Waals surface area (Å²) in [6, 6.07) is 0. The molecular weight excluding hydrogens is 472 g/mol. The lowest BCUT2D eigenvalue weighted by atomic mass is 9.60. The molecule has 0 aliphatic heterocycles. The highest BCUT2D eigenvalue weighted by Crippen LogP contribution is 2.76. The highest BCUT2D eigenvalue weighted by molar-refractivity contribution is 6.04. The summed E-state index contributed by atoms with van der Waals surface area (Å²) in [6.07, 6.45) is 3.06. The molecule has 2 saturated carbocycles. The highest BCUT2D eigenvalue weighted by Gasteiger charge is 2.83. The molecular formula is C26H34O10-2. The minimum atomic E-state index is -1.75. The lowest BCUT2D eigenvalue weighted by Crippen LogP contribution is -2.61. The van der Waals surface area contributed by atoms with E-state index in [2.05, 4.69) is 0 Å². The minimum Gasteiger partial charge on any atom is -0.550 e. The zero-order valence-corrected chi connectivity index (χ0v) is 21.2. The van der Waals surface area contributed by atoms with Crippen LogP contribution in [0.5, 0.6) is 0 Å². The lowest BCUT2D eigenvalue weighted by molar-refractivity contribution is -0.315. The van der Waals surface area contributed by atoms with Crippen molar-refractivity contribution in [2.45, 2.75) is 77.1 Å². The van der Waals surface area contributed by atoms with Gasteiger partial charge in [0, 0.05) is 48.5 Å². The van der Waals surface area contributed by atoms with E-state index >= 15 is 0 Å². The molecule has 2 fully saturated rings. The van der Waals surface area contributed by atoms with Gasteiger partial charge in [0.15, 0.2) is 5.78 Å². The van der Waals surface area contributed by atoms with Gasteiger partial charge in [-0.2, -0.15) is 0 Å². The summed E-state index contributed by atoms with van der Waals surface area (Å²) in [5.74, 6) is -5.15. The molecule has 0 bridgehead atoms. The van der Waals surface area contributed by atoms with E-state index in [1.807, 2.05) is 26.8 Å². The summed E-state index contributed by atoms with van der Waals surface area (Å²) in [6.45, 7) is 8.72. The Balaban J connectivity index is 0.000000392. The molecule has 200 valence electrons. The average molecular weight is 507 g/mol. The van der Waals surface area contributed by atoms with E-state index in [-0.39, 0.29) is 42.0 Å². The van der Waals surface area contributed by atoms with Crippen LogP contribution >= 0.6 is 0 Å². The maximum absolute atomic E-state index is 12.8. The van der Waals surface area contributed by atoms with Crippen LogP contribution in [0.2, 0.25) is 0 Å². The molecule has 0 unspecified atom stereocenters. The van der Waals surface area contributed by atoms with E-state index < -0.39 is 53.4 Å². The van der Waals surface area contributed by atoms with Crippen LogP contribution in [0, 0.1) is 29.1 Å². The van der Waals surface area contributed by atoms with Gasteiger partial charge in [0.05, 0.1) is 12.2 Å². The molecule has 0 aromatic rings. The first-order valence-corrected chi connectivity index (χ1v) is 12.1. The molecule has 4 aliphatic rings. The molecule has 3 N–H and O–H groups in total.